The summed E-state index contributed by atoms with van der Waals surface area (Å²) >= 11 is 6.00. The fourth-order valence-corrected chi connectivity index (χ4v) is 2.99. The topological polar surface area (TPSA) is 41.3 Å². The Bertz CT molecular complexity index is 603. The van der Waals surface area contributed by atoms with Crippen molar-refractivity contribution in [2.75, 3.05) is 20.1 Å². The highest BCUT2D eigenvalue weighted by molar-refractivity contribution is 6.30. The minimum Gasteiger partial charge on any atom is -0.444 e. The van der Waals surface area contributed by atoms with E-state index in [9.17, 15) is 0 Å². The average molecular weight is 342 g/mol. The van der Waals surface area contributed by atoms with Crippen molar-refractivity contribution in [2.45, 2.75) is 25.4 Å². The van der Waals surface area contributed by atoms with Gasteiger partial charge in [0.25, 0.3) is 0 Å². The molecule has 1 saturated heterocycles. The summed E-state index contributed by atoms with van der Waals surface area (Å²) in [5.74, 6) is 0.634. The quantitative estimate of drug-likeness (QED) is 0.922. The second-order valence-corrected chi connectivity index (χ2v) is 5.95. The van der Waals surface area contributed by atoms with E-state index in [1.54, 1.807) is 6.26 Å². The highest BCUT2D eigenvalue weighted by atomic mass is 35.5. The second-order valence-electron chi connectivity index (χ2n) is 5.52. The summed E-state index contributed by atoms with van der Waals surface area (Å²) in [4.78, 5) is 7.00. The van der Waals surface area contributed by atoms with E-state index in [4.69, 9.17) is 16.0 Å². The van der Waals surface area contributed by atoms with Gasteiger partial charge in [-0.1, -0.05) is 17.7 Å². The Morgan fingerprint density at radius 1 is 1.45 bits per heavy atom. The molecule has 1 aromatic carbocycles. The molecule has 0 aliphatic carbocycles. The van der Waals surface area contributed by atoms with Crippen LogP contribution in [0.3, 0.4) is 0 Å². The van der Waals surface area contributed by atoms with Crippen LogP contribution in [0, 0.1) is 0 Å². The zero-order chi connectivity index (χ0) is 14.7. The van der Waals surface area contributed by atoms with Crippen LogP contribution in [-0.2, 0) is 6.54 Å². The van der Waals surface area contributed by atoms with Gasteiger partial charge in [-0.05, 0) is 44.6 Å². The molecule has 1 aliphatic heterocycles. The zero-order valence-corrected chi connectivity index (χ0v) is 14.2. The third-order valence-electron chi connectivity index (χ3n) is 3.92. The molecule has 2 aromatic rings. The molecule has 120 valence electrons. The first-order valence-corrected chi connectivity index (χ1v) is 7.72. The van der Waals surface area contributed by atoms with E-state index in [-0.39, 0.29) is 12.4 Å². The molecule has 0 saturated carbocycles. The number of halogens is 2. The van der Waals surface area contributed by atoms with Crippen LogP contribution in [0.15, 0.2) is 34.9 Å². The van der Waals surface area contributed by atoms with E-state index >= 15 is 0 Å². The molecule has 4 nitrogen and oxygen atoms in total. The molecular formula is C16H21Cl2N3O. The molecule has 22 heavy (non-hydrogen) atoms. The number of piperidine rings is 1. The molecule has 2 heterocycles. The maximum absolute atomic E-state index is 6.00. The first-order chi connectivity index (χ1) is 10.2. The largest absolute Gasteiger partial charge is 0.444 e. The predicted octanol–water partition coefficient (Wildman–Crippen LogP) is 3.60. The summed E-state index contributed by atoms with van der Waals surface area (Å²) in [5, 5.41) is 4.05. The van der Waals surface area contributed by atoms with Crippen LogP contribution in [0.2, 0.25) is 5.02 Å². The van der Waals surface area contributed by atoms with Gasteiger partial charge in [0.1, 0.15) is 6.26 Å². The number of oxazole rings is 1. The number of hydrogen-bond acceptors (Lipinski definition) is 4. The van der Waals surface area contributed by atoms with Crippen LogP contribution in [0.1, 0.15) is 18.5 Å². The maximum atomic E-state index is 6.00. The molecule has 1 aliphatic rings. The van der Waals surface area contributed by atoms with Gasteiger partial charge in [0.15, 0.2) is 0 Å². The number of likely N-dealkylation sites (tertiary alicyclic amines) is 1. The first kappa shape index (κ1) is 17.3. The lowest BCUT2D eigenvalue weighted by atomic mass is 10.1. The van der Waals surface area contributed by atoms with Crippen molar-refractivity contribution in [3.8, 4) is 11.5 Å². The van der Waals surface area contributed by atoms with Crippen LogP contribution in [0.5, 0.6) is 0 Å². The molecular weight excluding hydrogens is 321 g/mol. The smallest absolute Gasteiger partial charge is 0.226 e. The number of benzene rings is 1. The maximum Gasteiger partial charge on any atom is 0.226 e. The number of likely N-dealkylation sites (N-methyl/N-ethyl adjacent to an activating group) is 1. The summed E-state index contributed by atoms with van der Waals surface area (Å²) < 4.78 is 5.59. The van der Waals surface area contributed by atoms with Gasteiger partial charge in [-0.3, -0.25) is 4.90 Å². The molecule has 1 N–H and O–H groups in total. The minimum absolute atomic E-state index is 0. The van der Waals surface area contributed by atoms with Crippen molar-refractivity contribution in [1.82, 2.24) is 15.2 Å². The second kappa shape index (κ2) is 7.97. The van der Waals surface area contributed by atoms with E-state index < -0.39 is 0 Å². The Hall–Kier alpha value is -1.07. The molecule has 0 amide bonds. The van der Waals surface area contributed by atoms with Crippen LogP contribution in [0.25, 0.3) is 11.5 Å². The van der Waals surface area contributed by atoms with Crippen LogP contribution >= 0.6 is 24.0 Å². The summed E-state index contributed by atoms with van der Waals surface area (Å²) in [5.41, 5.74) is 1.89. The lowest BCUT2D eigenvalue weighted by Crippen LogP contribution is -2.43. The molecule has 6 heteroatoms. The number of nitrogens with zero attached hydrogens (tertiary/aromatic N) is 2. The van der Waals surface area contributed by atoms with Crippen molar-refractivity contribution in [1.29, 1.82) is 0 Å². The summed E-state index contributed by atoms with van der Waals surface area (Å²) in [6.07, 6.45) is 4.23. The minimum atomic E-state index is 0. The van der Waals surface area contributed by atoms with Crippen LogP contribution in [-0.4, -0.2) is 36.1 Å². The molecule has 1 aromatic heterocycles. The summed E-state index contributed by atoms with van der Waals surface area (Å²) in [7, 11) is 2.03. The number of aromatic nitrogens is 1. The van der Waals surface area contributed by atoms with Crippen molar-refractivity contribution in [3.63, 3.8) is 0 Å². The zero-order valence-electron chi connectivity index (χ0n) is 12.6. The molecule has 1 unspecified atom stereocenters. The summed E-state index contributed by atoms with van der Waals surface area (Å²) in [6.45, 7) is 3.02. The monoisotopic (exact) mass is 341 g/mol. The third-order valence-corrected chi connectivity index (χ3v) is 4.16. The van der Waals surface area contributed by atoms with Gasteiger partial charge in [0.05, 0.1) is 5.69 Å². The molecule has 1 atom stereocenters. The van der Waals surface area contributed by atoms with E-state index in [0.717, 1.165) is 30.9 Å². The number of rotatable bonds is 4. The van der Waals surface area contributed by atoms with Crippen molar-refractivity contribution in [3.05, 3.63) is 41.2 Å². The molecule has 1 fully saturated rings. The Morgan fingerprint density at radius 2 is 2.32 bits per heavy atom. The number of nitrogens with one attached hydrogen (secondary N) is 1. The highest BCUT2D eigenvalue weighted by Crippen LogP contribution is 2.23. The first-order valence-electron chi connectivity index (χ1n) is 7.34. The van der Waals surface area contributed by atoms with Crippen LogP contribution < -0.4 is 5.32 Å². The lowest BCUT2D eigenvalue weighted by molar-refractivity contribution is 0.186. The molecule has 0 spiro atoms. The van der Waals surface area contributed by atoms with Crippen molar-refractivity contribution in [2.24, 2.45) is 0 Å². The molecule has 0 bridgehead atoms. The average Bonchev–Trinajstić information content (AvgIpc) is 2.96. The summed E-state index contributed by atoms with van der Waals surface area (Å²) in [6, 6.07) is 8.16. The highest BCUT2D eigenvalue weighted by Gasteiger charge is 2.19. The SMILES string of the molecule is CNC1CCCN(Cc2coc(-c3cccc(Cl)c3)n2)C1.Cl. The Morgan fingerprint density at radius 3 is 3.09 bits per heavy atom. The standard InChI is InChI=1S/C16H20ClN3O.ClH/c1-18-14-6-3-7-20(9-14)10-15-11-21-16(19-15)12-4-2-5-13(17)8-12;/h2,4-5,8,11,14,18H,3,6-7,9-10H2,1H3;1H. The van der Waals surface area contributed by atoms with E-state index in [0.29, 0.717) is 17.0 Å². The van der Waals surface area contributed by atoms with Gasteiger partial charge >= 0.3 is 0 Å². The van der Waals surface area contributed by atoms with Gasteiger partial charge < -0.3 is 9.73 Å². The van der Waals surface area contributed by atoms with E-state index in [2.05, 4.69) is 15.2 Å². The Balaban J connectivity index is 0.00000176. The Labute approximate surface area is 142 Å². The third kappa shape index (κ3) is 4.23. The fraction of sp³-hybridized carbons (Fsp3) is 0.438. The fourth-order valence-electron chi connectivity index (χ4n) is 2.80. The number of hydrogen-bond donors (Lipinski definition) is 1. The lowest BCUT2D eigenvalue weighted by Gasteiger charge is -2.31. The van der Waals surface area contributed by atoms with E-state index in [1.165, 1.54) is 12.8 Å². The van der Waals surface area contributed by atoms with Gasteiger partial charge in [-0.2, -0.15) is 0 Å². The van der Waals surface area contributed by atoms with Gasteiger partial charge in [-0.15, -0.1) is 12.4 Å². The van der Waals surface area contributed by atoms with E-state index in [1.807, 2.05) is 31.3 Å². The van der Waals surface area contributed by atoms with Gasteiger partial charge in [-0.25, -0.2) is 4.98 Å². The molecule has 3 rings (SSSR count). The van der Waals surface area contributed by atoms with Crippen molar-refractivity contribution < 1.29 is 4.42 Å². The van der Waals surface area contributed by atoms with Gasteiger partial charge in [0.2, 0.25) is 5.89 Å². The Kier molecular flexibility index (Phi) is 6.26. The molecule has 0 radical (unpaired) electrons. The van der Waals surface area contributed by atoms with Crippen molar-refractivity contribution >= 4 is 24.0 Å². The van der Waals surface area contributed by atoms with Gasteiger partial charge in [0, 0.05) is 29.7 Å². The van der Waals surface area contributed by atoms with Crippen LogP contribution in [0.4, 0.5) is 0 Å². The predicted molar refractivity (Wildman–Crippen MR) is 91.6 cm³/mol. The normalized spacial score (nSPS) is 18.9.